The summed E-state index contributed by atoms with van der Waals surface area (Å²) in [5.41, 5.74) is 0. The van der Waals surface area contributed by atoms with Crippen LogP contribution in [0.5, 0.6) is 0 Å². The fourth-order valence-electron chi connectivity index (χ4n) is 2.27. The summed E-state index contributed by atoms with van der Waals surface area (Å²) in [6.07, 6.45) is -1.35. The summed E-state index contributed by atoms with van der Waals surface area (Å²) in [5.74, 6) is 1.02. The predicted molar refractivity (Wildman–Crippen MR) is 71.6 cm³/mol. The van der Waals surface area contributed by atoms with E-state index in [4.69, 9.17) is 10.2 Å². The van der Waals surface area contributed by atoms with Gasteiger partial charge in [0.25, 0.3) is 0 Å². The second-order valence-corrected chi connectivity index (χ2v) is 5.18. The molecule has 1 aliphatic heterocycles. The fraction of sp³-hybridized carbons (Fsp3) is 0.417. The van der Waals surface area contributed by atoms with Gasteiger partial charge in [-0.2, -0.15) is 4.37 Å². The number of aliphatic hydroxyl groups is 2. The monoisotopic (exact) mass is 265 g/mol. The number of aromatic nitrogens is 1. The van der Waals surface area contributed by atoms with Crippen LogP contribution < -0.4 is 4.90 Å². The minimum atomic E-state index is -1.35. The Morgan fingerprint density at radius 3 is 2.56 bits per heavy atom. The summed E-state index contributed by atoms with van der Waals surface area (Å²) in [6, 6.07) is 8.20. The van der Waals surface area contributed by atoms with Gasteiger partial charge in [0, 0.05) is 31.6 Å². The van der Waals surface area contributed by atoms with Gasteiger partial charge in [-0.25, -0.2) is 0 Å². The molecule has 1 saturated heterocycles. The highest BCUT2D eigenvalue weighted by Gasteiger charge is 2.23. The molecule has 0 atom stereocenters. The quantitative estimate of drug-likeness (QED) is 0.782. The topological polar surface area (TPSA) is 59.8 Å². The van der Waals surface area contributed by atoms with Crippen LogP contribution in [0.4, 0.5) is 5.82 Å². The molecule has 0 amide bonds. The van der Waals surface area contributed by atoms with E-state index in [-0.39, 0.29) is 0 Å². The summed E-state index contributed by atoms with van der Waals surface area (Å²) in [6.45, 7) is 2.82. The molecule has 0 bridgehead atoms. The van der Waals surface area contributed by atoms with E-state index in [0.717, 1.165) is 18.9 Å². The van der Waals surface area contributed by atoms with Gasteiger partial charge in [0.15, 0.2) is 0 Å². The van der Waals surface area contributed by atoms with Gasteiger partial charge in [0.1, 0.15) is 5.82 Å². The lowest BCUT2D eigenvalue weighted by atomic mass is 10.2. The Morgan fingerprint density at radius 1 is 1.11 bits per heavy atom. The zero-order chi connectivity index (χ0) is 12.5. The number of rotatable bonds is 2. The van der Waals surface area contributed by atoms with Crippen molar-refractivity contribution < 1.29 is 10.2 Å². The van der Waals surface area contributed by atoms with Crippen LogP contribution in [0.3, 0.4) is 0 Å². The fourth-order valence-corrected chi connectivity index (χ4v) is 3.06. The van der Waals surface area contributed by atoms with Crippen molar-refractivity contribution in [1.82, 2.24) is 9.27 Å². The van der Waals surface area contributed by atoms with Crippen molar-refractivity contribution in [2.75, 3.05) is 31.1 Å². The van der Waals surface area contributed by atoms with Gasteiger partial charge in [-0.05, 0) is 23.7 Å². The largest absolute Gasteiger partial charge is 0.356 e. The maximum atomic E-state index is 9.12. The van der Waals surface area contributed by atoms with Crippen molar-refractivity contribution in [3.05, 3.63) is 24.3 Å². The number of fused-ring (bicyclic) bond motifs is 1. The highest BCUT2D eigenvalue weighted by atomic mass is 32.1. The Hall–Kier alpha value is -1.21. The highest BCUT2D eigenvalue weighted by molar-refractivity contribution is 7.13. The zero-order valence-corrected chi connectivity index (χ0v) is 10.7. The molecule has 1 aliphatic rings. The summed E-state index contributed by atoms with van der Waals surface area (Å²) in [7, 11) is 0. The maximum absolute atomic E-state index is 9.12. The van der Waals surface area contributed by atoms with Gasteiger partial charge in [0.05, 0.1) is 4.70 Å². The van der Waals surface area contributed by atoms with Gasteiger partial charge in [0.2, 0.25) is 6.41 Å². The van der Waals surface area contributed by atoms with Crippen LogP contribution in [0.25, 0.3) is 10.1 Å². The second kappa shape index (κ2) is 4.81. The number of benzene rings is 1. The molecule has 2 aromatic rings. The lowest BCUT2D eigenvalue weighted by Crippen LogP contribution is -2.50. The van der Waals surface area contributed by atoms with Gasteiger partial charge in [-0.15, -0.1) is 0 Å². The van der Waals surface area contributed by atoms with E-state index in [1.807, 2.05) is 12.1 Å². The minimum Gasteiger partial charge on any atom is -0.356 e. The molecule has 5 nitrogen and oxygen atoms in total. The Bertz CT molecular complexity index is 535. The number of piperazine rings is 1. The highest BCUT2D eigenvalue weighted by Crippen LogP contribution is 2.29. The molecule has 0 unspecified atom stereocenters. The summed E-state index contributed by atoms with van der Waals surface area (Å²) < 4.78 is 5.70. The smallest absolute Gasteiger partial charge is 0.213 e. The molecule has 6 heteroatoms. The Balaban J connectivity index is 1.80. The van der Waals surface area contributed by atoms with E-state index in [1.54, 1.807) is 4.90 Å². The van der Waals surface area contributed by atoms with Crippen molar-refractivity contribution in [2.45, 2.75) is 6.41 Å². The Morgan fingerprint density at radius 2 is 1.83 bits per heavy atom. The Labute approximate surface area is 109 Å². The molecule has 1 aromatic heterocycles. The lowest BCUT2D eigenvalue weighted by Gasteiger charge is -2.35. The van der Waals surface area contributed by atoms with Crippen LogP contribution in [0.2, 0.25) is 0 Å². The van der Waals surface area contributed by atoms with Gasteiger partial charge in [-0.3, -0.25) is 4.90 Å². The van der Waals surface area contributed by atoms with E-state index in [9.17, 15) is 0 Å². The zero-order valence-electron chi connectivity index (χ0n) is 9.86. The first-order chi connectivity index (χ1) is 8.75. The third-order valence-corrected chi connectivity index (χ3v) is 4.12. The lowest BCUT2D eigenvalue weighted by molar-refractivity contribution is -0.155. The molecule has 0 spiro atoms. The molecular formula is C12H15N3O2S. The average molecular weight is 265 g/mol. The van der Waals surface area contributed by atoms with Crippen LogP contribution in [-0.2, 0) is 0 Å². The van der Waals surface area contributed by atoms with Gasteiger partial charge in [-0.1, -0.05) is 12.1 Å². The third kappa shape index (κ3) is 2.08. The van der Waals surface area contributed by atoms with Crippen LogP contribution in [0, 0.1) is 0 Å². The van der Waals surface area contributed by atoms with E-state index in [1.165, 1.54) is 21.6 Å². The number of nitrogens with zero attached hydrogens (tertiary/aromatic N) is 3. The third-order valence-electron chi connectivity index (χ3n) is 3.30. The molecule has 1 aromatic carbocycles. The van der Waals surface area contributed by atoms with Crippen LogP contribution >= 0.6 is 11.5 Å². The van der Waals surface area contributed by atoms with Crippen molar-refractivity contribution in [2.24, 2.45) is 0 Å². The van der Waals surface area contributed by atoms with Crippen molar-refractivity contribution in [3.8, 4) is 0 Å². The molecule has 2 heterocycles. The number of anilines is 1. The Kier molecular flexibility index (Phi) is 3.17. The van der Waals surface area contributed by atoms with Crippen molar-refractivity contribution >= 4 is 27.4 Å². The summed E-state index contributed by atoms with van der Waals surface area (Å²) >= 11 is 1.51. The van der Waals surface area contributed by atoms with Crippen molar-refractivity contribution in [3.63, 3.8) is 0 Å². The molecule has 96 valence electrons. The molecular weight excluding hydrogens is 250 g/mol. The second-order valence-electron chi connectivity index (χ2n) is 4.37. The van der Waals surface area contributed by atoms with Gasteiger partial charge >= 0.3 is 0 Å². The molecule has 1 fully saturated rings. The average Bonchev–Trinajstić information content (AvgIpc) is 2.82. The number of hydrogen-bond donors (Lipinski definition) is 2. The summed E-state index contributed by atoms with van der Waals surface area (Å²) in [5, 5.41) is 19.4. The van der Waals surface area contributed by atoms with E-state index in [0.29, 0.717) is 13.1 Å². The minimum absolute atomic E-state index is 0.642. The van der Waals surface area contributed by atoms with Crippen molar-refractivity contribution in [1.29, 1.82) is 0 Å². The molecule has 0 saturated carbocycles. The van der Waals surface area contributed by atoms with E-state index < -0.39 is 6.41 Å². The van der Waals surface area contributed by atoms with E-state index in [2.05, 4.69) is 21.4 Å². The standard InChI is InChI=1S/C12H15N3O2S/c16-12(17)15-7-5-14(6-8-15)11-9-3-1-2-4-10(9)18-13-11/h1-4,12,16-17H,5-8H2. The number of aliphatic hydroxyl groups excluding tert-OH is 1. The predicted octanol–water partition coefficient (Wildman–Crippen LogP) is 0.686. The molecule has 2 N–H and O–H groups in total. The molecule has 0 radical (unpaired) electrons. The molecule has 0 aliphatic carbocycles. The normalized spacial score (nSPS) is 17.8. The van der Waals surface area contributed by atoms with Gasteiger partial charge < -0.3 is 15.1 Å². The van der Waals surface area contributed by atoms with E-state index >= 15 is 0 Å². The molecule has 3 rings (SSSR count). The maximum Gasteiger partial charge on any atom is 0.213 e. The summed E-state index contributed by atoms with van der Waals surface area (Å²) in [4.78, 5) is 3.85. The SMILES string of the molecule is OC(O)N1CCN(c2nsc3ccccc23)CC1. The number of hydrogen-bond acceptors (Lipinski definition) is 6. The van der Waals surface area contributed by atoms with Crippen LogP contribution in [0.15, 0.2) is 24.3 Å². The first kappa shape index (κ1) is 11.9. The molecule has 18 heavy (non-hydrogen) atoms. The van der Waals surface area contributed by atoms with Crippen LogP contribution in [-0.4, -0.2) is 52.1 Å². The van der Waals surface area contributed by atoms with Crippen LogP contribution in [0.1, 0.15) is 0 Å². The first-order valence-corrected chi connectivity index (χ1v) is 6.72. The first-order valence-electron chi connectivity index (χ1n) is 5.95.